The zero-order valence-electron chi connectivity index (χ0n) is 10.3. The molecule has 0 bridgehead atoms. The van der Waals surface area contributed by atoms with E-state index in [0.717, 1.165) is 0 Å². The summed E-state index contributed by atoms with van der Waals surface area (Å²) in [4.78, 5) is 11.6. The van der Waals surface area contributed by atoms with Gasteiger partial charge >= 0.3 is 12.2 Å². The summed E-state index contributed by atoms with van der Waals surface area (Å²) in [6, 6.07) is -0.704. The van der Waals surface area contributed by atoms with Crippen molar-refractivity contribution in [2.24, 2.45) is 0 Å². The van der Waals surface area contributed by atoms with Gasteiger partial charge in [-0.05, 0) is 25.7 Å². The SMILES string of the molecule is O=C(Nc1nnc(C(F)(F)F)s1)NC1CCC(O)CC1. The average molecular weight is 310 g/mol. The van der Waals surface area contributed by atoms with Crippen molar-refractivity contribution in [1.82, 2.24) is 15.5 Å². The molecule has 10 heteroatoms. The van der Waals surface area contributed by atoms with Crippen molar-refractivity contribution in [2.45, 2.75) is 44.0 Å². The molecule has 2 amide bonds. The van der Waals surface area contributed by atoms with Crippen LogP contribution < -0.4 is 10.6 Å². The van der Waals surface area contributed by atoms with Gasteiger partial charge in [-0.1, -0.05) is 11.3 Å². The third kappa shape index (κ3) is 4.04. The normalized spacial score (nSPS) is 23.4. The van der Waals surface area contributed by atoms with Crippen LogP contribution in [0.15, 0.2) is 0 Å². The fourth-order valence-electron chi connectivity index (χ4n) is 1.93. The molecule has 1 aromatic rings. The van der Waals surface area contributed by atoms with Crippen molar-refractivity contribution in [3.8, 4) is 0 Å². The van der Waals surface area contributed by atoms with Gasteiger partial charge < -0.3 is 10.4 Å². The summed E-state index contributed by atoms with van der Waals surface area (Å²) in [5.41, 5.74) is 0. The number of hydrogen-bond donors (Lipinski definition) is 3. The van der Waals surface area contributed by atoms with Crippen molar-refractivity contribution in [3.05, 3.63) is 5.01 Å². The first-order valence-corrected chi connectivity index (χ1v) is 6.82. The number of amides is 2. The second-order valence-corrected chi connectivity index (χ2v) is 5.49. The van der Waals surface area contributed by atoms with Gasteiger partial charge in [-0.2, -0.15) is 13.2 Å². The van der Waals surface area contributed by atoms with Crippen LogP contribution in [-0.2, 0) is 6.18 Å². The van der Waals surface area contributed by atoms with E-state index in [-0.39, 0.29) is 28.6 Å². The van der Waals surface area contributed by atoms with Gasteiger partial charge in [0.05, 0.1) is 6.10 Å². The average Bonchev–Trinajstić information content (AvgIpc) is 2.80. The summed E-state index contributed by atoms with van der Waals surface area (Å²) in [7, 11) is 0. The van der Waals surface area contributed by atoms with E-state index in [2.05, 4.69) is 20.8 Å². The quantitative estimate of drug-likeness (QED) is 0.779. The zero-order valence-corrected chi connectivity index (χ0v) is 11.1. The van der Waals surface area contributed by atoms with E-state index in [0.29, 0.717) is 25.7 Å². The predicted octanol–water partition coefficient (Wildman–Crippen LogP) is 1.98. The molecule has 1 aliphatic rings. The Hall–Kier alpha value is -1.42. The standard InChI is InChI=1S/C10H13F3N4O2S/c11-10(12,13)7-16-17-9(20-7)15-8(19)14-5-1-3-6(18)4-2-5/h5-6,18H,1-4H2,(H2,14,15,17,19). The highest BCUT2D eigenvalue weighted by molar-refractivity contribution is 7.15. The van der Waals surface area contributed by atoms with Gasteiger partial charge in [-0.25, -0.2) is 4.79 Å². The highest BCUT2D eigenvalue weighted by Gasteiger charge is 2.35. The Bertz CT molecular complexity index is 471. The van der Waals surface area contributed by atoms with Crippen molar-refractivity contribution < 1.29 is 23.1 Å². The Labute approximate surface area is 116 Å². The van der Waals surface area contributed by atoms with Gasteiger partial charge in [0.1, 0.15) is 0 Å². The lowest BCUT2D eigenvalue weighted by molar-refractivity contribution is -0.138. The Morgan fingerprint density at radius 2 is 1.90 bits per heavy atom. The number of nitrogens with zero attached hydrogens (tertiary/aromatic N) is 2. The molecule has 1 aromatic heterocycles. The minimum atomic E-state index is -4.56. The van der Waals surface area contributed by atoms with Gasteiger partial charge in [0.25, 0.3) is 0 Å². The van der Waals surface area contributed by atoms with Gasteiger partial charge in [-0.3, -0.25) is 5.32 Å². The molecule has 112 valence electrons. The third-order valence-electron chi connectivity index (χ3n) is 2.92. The maximum absolute atomic E-state index is 12.3. The highest BCUT2D eigenvalue weighted by Crippen LogP contribution is 2.32. The molecule has 20 heavy (non-hydrogen) atoms. The number of aliphatic hydroxyl groups is 1. The largest absolute Gasteiger partial charge is 0.445 e. The predicted molar refractivity (Wildman–Crippen MR) is 65.3 cm³/mol. The molecule has 1 saturated carbocycles. The molecule has 1 heterocycles. The number of alkyl halides is 3. The summed E-state index contributed by atoms with van der Waals surface area (Å²) in [6.07, 6.45) is -2.43. The van der Waals surface area contributed by atoms with Crippen LogP contribution in [0.3, 0.4) is 0 Å². The maximum Gasteiger partial charge on any atom is 0.445 e. The number of carbonyl (C=O) groups excluding carboxylic acids is 1. The van der Waals surface area contributed by atoms with E-state index < -0.39 is 17.2 Å². The number of hydrogen-bond acceptors (Lipinski definition) is 5. The molecule has 0 radical (unpaired) electrons. The molecule has 3 N–H and O–H groups in total. The maximum atomic E-state index is 12.3. The third-order valence-corrected chi connectivity index (χ3v) is 3.80. The van der Waals surface area contributed by atoms with Crippen molar-refractivity contribution >= 4 is 22.5 Å². The molecular formula is C10H13F3N4O2S. The molecule has 0 atom stereocenters. The summed E-state index contributed by atoms with van der Waals surface area (Å²) in [5, 5.41) is 19.1. The smallest absolute Gasteiger partial charge is 0.393 e. The molecule has 1 aliphatic carbocycles. The minimum absolute atomic E-state index is 0.0894. The molecule has 0 aliphatic heterocycles. The second kappa shape index (κ2) is 5.92. The van der Waals surface area contributed by atoms with Gasteiger partial charge in [-0.15, -0.1) is 10.2 Å². The summed E-state index contributed by atoms with van der Waals surface area (Å²) in [6.45, 7) is 0. The molecule has 0 unspecified atom stereocenters. The lowest BCUT2D eigenvalue weighted by Gasteiger charge is -2.25. The highest BCUT2D eigenvalue weighted by atomic mass is 32.1. The first-order valence-electron chi connectivity index (χ1n) is 6.01. The Morgan fingerprint density at radius 1 is 1.25 bits per heavy atom. The number of carbonyl (C=O) groups is 1. The lowest BCUT2D eigenvalue weighted by atomic mass is 9.93. The first kappa shape index (κ1) is 15.0. The number of aliphatic hydroxyl groups excluding tert-OH is 1. The number of aromatic nitrogens is 2. The number of urea groups is 1. The van der Waals surface area contributed by atoms with Crippen LogP contribution in [-0.4, -0.2) is 33.5 Å². The van der Waals surface area contributed by atoms with E-state index >= 15 is 0 Å². The fourth-order valence-corrected chi connectivity index (χ4v) is 2.53. The van der Waals surface area contributed by atoms with Crippen LogP contribution in [0.25, 0.3) is 0 Å². The number of anilines is 1. The Kier molecular flexibility index (Phi) is 4.43. The van der Waals surface area contributed by atoms with Crippen LogP contribution in [0.2, 0.25) is 0 Å². The minimum Gasteiger partial charge on any atom is -0.393 e. The van der Waals surface area contributed by atoms with Crippen LogP contribution in [0.5, 0.6) is 0 Å². The molecule has 6 nitrogen and oxygen atoms in total. The van der Waals surface area contributed by atoms with Gasteiger partial charge in [0, 0.05) is 6.04 Å². The number of nitrogens with one attached hydrogen (secondary N) is 2. The van der Waals surface area contributed by atoms with Crippen molar-refractivity contribution in [1.29, 1.82) is 0 Å². The zero-order chi connectivity index (χ0) is 14.8. The van der Waals surface area contributed by atoms with Crippen LogP contribution >= 0.6 is 11.3 Å². The first-order chi connectivity index (χ1) is 9.34. The molecule has 2 rings (SSSR count). The summed E-state index contributed by atoms with van der Waals surface area (Å²) < 4.78 is 36.9. The molecule has 0 saturated heterocycles. The molecule has 0 spiro atoms. The summed E-state index contributed by atoms with van der Waals surface area (Å²) >= 11 is 0.271. The van der Waals surface area contributed by atoms with E-state index in [4.69, 9.17) is 0 Å². The van der Waals surface area contributed by atoms with Crippen molar-refractivity contribution in [3.63, 3.8) is 0 Å². The second-order valence-electron chi connectivity index (χ2n) is 4.51. The van der Waals surface area contributed by atoms with Crippen LogP contribution in [0.4, 0.5) is 23.1 Å². The monoisotopic (exact) mass is 310 g/mol. The van der Waals surface area contributed by atoms with Crippen LogP contribution in [0, 0.1) is 0 Å². The van der Waals surface area contributed by atoms with Gasteiger partial charge in [0.2, 0.25) is 10.1 Å². The van der Waals surface area contributed by atoms with E-state index in [1.807, 2.05) is 0 Å². The molecule has 0 aromatic carbocycles. The van der Waals surface area contributed by atoms with Gasteiger partial charge in [0.15, 0.2) is 0 Å². The topological polar surface area (TPSA) is 87.1 Å². The van der Waals surface area contributed by atoms with E-state index in [1.54, 1.807) is 0 Å². The van der Waals surface area contributed by atoms with E-state index in [9.17, 15) is 23.1 Å². The number of rotatable bonds is 2. The fraction of sp³-hybridized carbons (Fsp3) is 0.700. The lowest BCUT2D eigenvalue weighted by Crippen LogP contribution is -2.40. The van der Waals surface area contributed by atoms with E-state index in [1.165, 1.54) is 0 Å². The summed E-state index contributed by atoms with van der Waals surface area (Å²) in [5.74, 6) is 0. The van der Waals surface area contributed by atoms with Crippen LogP contribution in [0.1, 0.15) is 30.7 Å². The Balaban J connectivity index is 1.84. The number of halogens is 3. The molecule has 1 fully saturated rings. The molecular weight excluding hydrogens is 297 g/mol. The van der Waals surface area contributed by atoms with Crippen molar-refractivity contribution in [2.75, 3.05) is 5.32 Å². The Morgan fingerprint density at radius 3 is 2.45 bits per heavy atom.